The van der Waals surface area contributed by atoms with E-state index in [9.17, 15) is 4.79 Å². The minimum Gasteiger partial charge on any atom is -0.341 e. The summed E-state index contributed by atoms with van der Waals surface area (Å²) >= 11 is 0. The highest BCUT2D eigenvalue weighted by molar-refractivity contribution is 5.71. The van der Waals surface area contributed by atoms with Gasteiger partial charge in [0, 0.05) is 6.42 Å². The minimum atomic E-state index is -0.110. The van der Waals surface area contributed by atoms with E-state index in [1.807, 2.05) is 30.3 Å². The number of rotatable bonds is 14. The number of nitrogens with zero attached hydrogens (tertiary/aromatic N) is 1. The van der Waals surface area contributed by atoms with Gasteiger partial charge in [0.05, 0.1) is 11.7 Å². The molecule has 0 bridgehead atoms. The van der Waals surface area contributed by atoms with Crippen molar-refractivity contribution in [3.63, 3.8) is 0 Å². The average molecular weight is 348 g/mol. The molecule has 1 unspecified atom stereocenters. The summed E-state index contributed by atoms with van der Waals surface area (Å²) in [6.45, 7) is 6.55. The summed E-state index contributed by atoms with van der Waals surface area (Å²) in [5.74, 6) is -0.110. The number of hydrogen-bond acceptors (Lipinski definition) is 3. The molecule has 0 aliphatic carbocycles. The first-order valence-corrected chi connectivity index (χ1v) is 10.2. The Bertz CT molecular complexity index is 447. The summed E-state index contributed by atoms with van der Waals surface area (Å²) in [7, 11) is 0. The van der Waals surface area contributed by atoms with Gasteiger partial charge in [0.15, 0.2) is 0 Å². The van der Waals surface area contributed by atoms with Crippen LogP contribution in [0.25, 0.3) is 0 Å². The van der Waals surface area contributed by atoms with Crippen molar-refractivity contribution in [1.29, 1.82) is 0 Å². The van der Waals surface area contributed by atoms with Gasteiger partial charge >= 0.3 is 5.97 Å². The van der Waals surface area contributed by atoms with Crippen LogP contribution in [0.15, 0.2) is 30.3 Å². The van der Waals surface area contributed by atoms with Crippen molar-refractivity contribution in [3.05, 3.63) is 30.3 Å². The SMILES string of the molecule is CCCCCCCCCC(=O)ON(c1ccccc1)C(C)CCCC. The lowest BCUT2D eigenvalue weighted by Crippen LogP contribution is -2.35. The molecule has 0 N–H and O–H groups in total. The van der Waals surface area contributed by atoms with Gasteiger partial charge in [-0.15, -0.1) is 0 Å². The predicted molar refractivity (Wildman–Crippen MR) is 107 cm³/mol. The molecule has 0 spiro atoms. The Hall–Kier alpha value is -1.51. The van der Waals surface area contributed by atoms with E-state index in [-0.39, 0.29) is 12.0 Å². The van der Waals surface area contributed by atoms with Crippen LogP contribution in [0.4, 0.5) is 5.69 Å². The van der Waals surface area contributed by atoms with E-state index < -0.39 is 0 Å². The second-order valence-corrected chi connectivity index (χ2v) is 6.99. The summed E-state index contributed by atoms with van der Waals surface area (Å²) < 4.78 is 0. The molecule has 142 valence electrons. The van der Waals surface area contributed by atoms with Crippen molar-refractivity contribution in [2.75, 3.05) is 5.06 Å². The van der Waals surface area contributed by atoms with Gasteiger partial charge in [0.2, 0.25) is 0 Å². The maximum absolute atomic E-state index is 12.3. The molecule has 1 aromatic rings. The Morgan fingerprint density at radius 3 is 2.16 bits per heavy atom. The van der Waals surface area contributed by atoms with Crippen LogP contribution in [0.2, 0.25) is 0 Å². The number of hydrogen-bond donors (Lipinski definition) is 0. The Morgan fingerprint density at radius 1 is 0.920 bits per heavy atom. The molecule has 3 heteroatoms. The zero-order chi connectivity index (χ0) is 18.3. The smallest absolute Gasteiger partial charge is 0.332 e. The number of carbonyl (C=O) groups is 1. The molecule has 0 amide bonds. The normalized spacial score (nSPS) is 12.0. The average Bonchev–Trinajstić information content (AvgIpc) is 2.64. The predicted octanol–water partition coefficient (Wildman–Crippen LogP) is 6.67. The topological polar surface area (TPSA) is 29.5 Å². The number of anilines is 1. The second-order valence-electron chi connectivity index (χ2n) is 6.99. The zero-order valence-corrected chi connectivity index (χ0v) is 16.5. The van der Waals surface area contributed by atoms with Gasteiger partial charge in [-0.3, -0.25) is 0 Å². The molecule has 0 fully saturated rings. The highest BCUT2D eigenvalue weighted by Gasteiger charge is 2.19. The van der Waals surface area contributed by atoms with E-state index in [0.717, 1.165) is 37.8 Å². The summed E-state index contributed by atoms with van der Waals surface area (Å²) in [4.78, 5) is 18.0. The molecular formula is C22H37NO2. The number of hydroxylamine groups is 1. The lowest BCUT2D eigenvalue weighted by atomic mass is 10.1. The van der Waals surface area contributed by atoms with Gasteiger partial charge in [-0.1, -0.05) is 83.4 Å². The molecule has 0 aromatic heterocycles. The maximum Gasteiger partial charge on any atom is 0.332 e. The summed E-state index contributed by atoms with van der Waals surface area (Å²) in [5.41, 5.74) is 0.957. The summed E-state index contributed by atoms with van der Waals surface area (Å²) in [5, 5.41) is 1.80. The van der Waals surface area contributed by atoms with Gasteiger partial charge in [0.1, 0.15) is 0 Å². The van der Waals surface area contributed by atoms with Crippen molar-refractivity contribution < 1.29 is 9.63 Å². The fourth-order valence-electron chi connectivity index (χ4n) is 2.97. The summed E-state index contributed by atoms with van der Waals surface area (Å²) in [6, 6.07) is 10.2. The van der Waals surface area contributed by atoms with Crippen molar-refractivity contribution in [2.24, 2.45) is 0 Å². The third kappa shape index (κ3) is 9.52. The fraction of sp³-hybridized carbons (Fsp3) is 0.682. The van der Waals surface area contributed by atoms with E-state index in [1.165, 1.54) is 32.1 Å². The first kappa shape index (κ1) is 21.5. The Morgan fingerprint density at radius 2 is 1.52 bits per heavy atom. The Kier molecular flexibility index (Phi) is 11.8. The molecule has 0 aliphatic heterocycles. The van der Waals surface area contributed by atoms with Crippen LogP contribution in [0, 0.1) is 0 Å². The van der Waals surface area contributed by atoms with E-state index in [1.54, 1.807) is 5.06 Å². The van der Waals surface area contributed by atoms with Crippen LogP contribution in [0.3, 0.4) is 0 Å². The van der Waals surface area contributed by atoms with Crippen LogP contribution in [-0.2, 0) is 9.63 Å². The molecule has 1 atom stereocenters. The molecule has 0 aliphatic rings. The van der Waals surface area contributed by atoms with Gasteiger partial charge in [-0.25, -0.2) is 9.86 Å². The molecular weight excluding hydrogens is 310 g/mol. The minimum absolute atomic E-state index is 0.110. The maximum atomic E-state index is 12.3. The van der Waals surface area contributed by atoms with Crippen LogP contribution in [-0.4, -0.2) is 12.0 Å². The Labute approximate surface area is 154 Å². The third-order valence-electron chi connectivity index (χ3n) is 4.57. The molecule has 0 saturated heterocycles. The van der Waals surface area contributed by atoms with Crippen molar-refractivity contribution in [1.82, 2.24) is 0 Å². The lowest BCUT2D eigenvalue weighted by Gasteiger charge is -2.29. The summed E-state index contributed by atoms with van der Waals surface area (Å²) in [6.07, 6.45) is 12.3. The second kappa shape index (κ2) is 13.7. The molecule has 0 saturated carbocycles. The van der Waals surface area contributed by atoms with Crippen LogP contribution >= 0.6 is 0 Å². The van der Waals surface area contributed by atoms with Crippen molar-refractivity contribution in [2.45, 2.75) is 97.4 Å². The van der Waals surface area contributed by atoms with E-state index in [4.69, 9.17) is 4.84 Å². The van der Waals surface area contributed by atoms with Gasteiger partial charge in [-0.05, 0) is 31.9 Å². The van der Waals surface area contributed by atoms with Crippen LogP contribution in [0.5, 0.6) is 0 Å². The number of carbonyl (C=O) groups excluding carboxylic acids is 1. The molecule has 0 radical (unpaired) electrons. The molecule has 1 rings (SSSR count). The van der Waals surface area contributed by atoms with Crippen LogP contribution in [0.1, 0.15) is 91.4 Å². The largest absolute Gasteiger partial charge is 0.341 e. The lowest BCUT2D eigenvalue weighted by molar-refractivity contribution is -0.146. The van der Waals surface area contributed by atoms with Gasteiger partial charge < -0.3 is 4.84 Å². The monoisotopic (exact) mass is 347 g/mol. The van der Waals surface area contributed by atoms with Gasteiger partial charge in [-0.2, -0.15) is 0 Å². The third-order valence-corrected chi connectivity index (χ3v) is 4.57. The highest BCUT2D eigenvalue weighted by atomic mass is 16.7. The number of benzene rings is 1. The standard InChI is InChI=1S/C22H37NO2/c1-4-6-8-9-10-11-15-19-22(24)25-23(20(3)16-7-5-2)21-17-13-12-14-18-21/h12-14,17-18,20H,4-11,15-16,19H2,1-3H3. The Balaban J connectivity index is 2.41. The quantitative estimate of drug-likeness (QED) is 0.278. The van der Waals surface area contributed by atoms with Crippen LogP contribution < -0.4 is 5.06 Å². The van der Waals surface area contributed by atoms with E-state index >= 15 is 0 Å². The van der Waals surface area contributed by atoms with Crippen molar-refractivity contribution >= 4 is 11.7 Å². The molecule has 0 heterocycles. The number of para-hydroxylation sites is 1. The molecule has 1 aromatic carbocycles. The first-order chi connectivity index (χ1) is 12.2. The van der Waals surface area contributed by atoms with Crippen molar-refractivity contribution in [3.8, 4) is 0 Å². The molecule has 3 nitrogen and oxygen atoms in total. The van der Waals surface area contributed by atoms with Gasteiger partial charge in [0.25, 0.3) is 0 Å². The highest BCUT2D eigenvalue weighted by Crippen LogP contribution is 2.21. The molecule has 25 heavy (non-hydrogen) atoms. The first-order valence-electron chi connectivity index (χ1n) is 10.2. The number of unbranched alkanes of at least 4 members (excludes halogenated alkanes) is 7. The van der Waals surface area contributed by atoms with E-state index in [2.05, 4.69) is 20.8 Å². The van der Waals surface area contributed by atoms with E-state index in [0.29, 0.717) is 6.42 Å². The fourth-order valence-corrected chi connectivity index (χ4v) is 2.97. The zero-order valence-electron chi connectivity index (χ0n) is 16.5.